The van der Waals surface area contributed by atoms with Gasteiger partial charge < -0.3 is 10.6 Å². The molecular weight excluding hydrogens is 334 g/mol. The van der Waals surface area contributed by atoms with Crippen LogP contribution in [-0.4, -0.2) is 36.9 Å². The highest BCUT2D eigenvalue weighted by Crippen LogP contribution is 2.34. The molecule has 1 aliphatic rings. The summed E-state index contributed by atoms with van der Waals surface area (Å²) in [6.45, 7) is 3.42. The maximum absolute atomic E-state index is 12.5. The Bertz CT molecular complexity index is 772. The summed E-state index contributed by atoms with van der Waals surface area (Å²) in [5.41, 5.74) is 2.55. The Balaban J connectivity index is 1.66. The number of carbonyl (C=O) groups is 2. The average Bonchev–Trinajstić information content (AvgIpc) is 3.09. The van der Waals surface area contributed by atoms with E-state index < -0.39 is 0 Å². The van der Waals surface area contributed by atoms with Gasteiger partial charge in [0.25, 0.3) is 5.91 Å². The average molecular weight is 357 g/mol. The monoisotopic (exact) mass is 357 g/mol. The topological polar surface area (TPSA) is 61.4 Å². The van der Waals surface area contributed by atoms with Gasteiger partial charge in [0.2, 0.25) is 5.91 Å². The van der Waals surface area contributed by atoms with Crippen LogP contribution in [0, 0.1) is 0 Å². The van der Waals surface area contributed by atoms with Crippen molar-refractivity contribution in [3.05, 3.63) is 51.7 Å². The summed E-state index contributed by atoms with van der Waals surface area (Å²) in [6, 6.07) is 9.48. The van der Waals surface area contributed by atoms with E-state index in [1.165, 1.54) is 10.4 Å². The lowest BCUT2D eigenvalue weighted by Gasteiger charge is -2.34. The third-order valence-corrected chi connectivity index (χ3v) is 5.57. The number of anilines is 1. The van der Waals surface area contributed by atoms with E-state index in [1.54, 1.807) is 31.3 Å². The van der Waals surface area contributed by atoms with Crippen LogP contribution in [0.4, 0.5) is 5.69 Å². The van der Waals surface area contributed by atoms with Gasteiger partial charge in [0.15, 0.2) is 0 Å². The van der Waals surface area contributed by atoms with Gasteiger partial charge in [-0.25, -0.2) is 0 Å². The molecule has 0 spiro atoms. The second kappa shape index (κ2) is 7.80. The quantitative estimate of drug-likeness (QED) is 0.865. The Labute approximate surface area is 152 Å². The van der Waals surface area contributed by atoms with Crippen LogP contribution in [0.25, 0.3) is 0 Å². The maximum atomic E-state index is 12.5. The maximum Gasteiger partial charge on any atom is 0.251 e. The lowest BCUT2D eigenvalue weighted by molar-refractivity contribution is -0.118. The van der Waals surface area contributed by atoms with Gasteiger partial charge in [0.1, 0.15) is 0 Å². The molecule has 6 heteroatoms. The minimum atomic E-state index is -0.164. The molecule has 3 rings (SSSR count). The molecule has 1 aromatic heterocycles. The van der Waals surface area contributed by atoms with Gasteiger partial charge in [-0.05, 0) is 48.1 Å². The van der Waals surface area contributed by atoms with Crippen LogP contribution in [0.2, 0.25) is 0 Å². The van der Waals surface area contributed by atoms with Crippen LogP contribution >= 0.6 is 11.3 Å². The fourth-order valence-corrected chi connectivity index (χ4v) is 4.31. The van der Waals surface area contributed by atoms with Crippen molar-refractivity contribution < 1.29 is 9.59 Å². The predicted octanol–water partition coefficient (Wildman–Crippen LogP) is 3.06. The highest BCUT2D eigenvalue weighted by Gasteiger charge is 2.28. The second-order valence-corrected chi connectivity index (χ2v) is 7.15. The molecule has 2 amide bonds. The van der Waals surface area contributed by atoms with Crippen LogP contribution in [0.5, 0.6) is 0 Å². The molecule has 2 heterocycles. The highest BCUT2D eigenvalue weighted by molar-refractivity contribution is 7.10. The first-order valence-electron chi connectivity index (χ1n) is 8.54. The number of thiophene rings is 1. The van der Waals surface area contributed by atoms with E-state index in [1.807, 2.05) is 11.3 Å². The zero-order valence-corrected chi connectivity index (χ0v) is 15.4. The van der Waals surface area contributed by atoms with Gasteiger partial charge in [-0.3, -0.25) is 14.5 Å². The summed E-state index contributed by atoms with van der Waals surface area (Å²) >= 11 is 1.81. The van der Waals surface area contributed by atoms with Crippen molar-refractivity contribution in [2.24, 2.45) is 0 Å². The second-order valence-electron chi connectivity index (χ2n) is 6.15. The van der Waals surface area contributed by atoms with Crippen molar-refractivity contribution in [3.8, 4) is 0 Å². The van der Waals surface area contributed by atoms with Crippen molar-refractivity contribution in [3.63, 3.8) is 0 Å². The number of hydrogen-bond donors (Lipinski definition) is 2. The molecule has 2 aromatic rings. The number of nitrogens with one attached hydrogen (secondary N) is 2. The van der Waals surface area contributed by atoms with Crippen LogP contribution in [0.1, 0.15) is 40.2 Å². The molecule has 0 aliphatic carbocycles. The summed E-state index contributed by atoms with van der Waals surface area (Å²) in [7, 11) is 1.59. The Hall–Kier alpha value is -2.18. The number of amides is 2. The molecule has 132 valence electrons. The molecule has 1 aromatic carbocycles. The molecule has 25 heavy (non-hydrogen) atoms. The van der Waals surface area contributed by atoms with Crippen molar-refractivity contribution >= 4 is 28.8 Å². The Morgan fingerprint density at radius 1 is 1.32 bits per heavy atom. The largest absolute Gasteiger partial charge is 0.355 e. The van der Waals surface area contributed by atoms with E-state index in [0.717, 1.165) is 19.4 Å². The molecule has 0 saturated carbocycles. The van der Waals surface area contributed by atoms with Crippen molar-refractivity contribution in [1.82, 2.24) is 10.2 Å². The minimum Gasteiger partial charge on any atom is -0.355 e. The van der Waals surface area contributed by atoms with Crippen molar-refractivity contribution in [2.45, 2.75) is 25.8 Å². The van der Waals surface area contributed by atoms with Crippen LogP contribution in [0.3, 0.4) is 0 Å². The fraction of sp³-hybridized carbons (Fsp3) is 0.368. The van der Waals surface area contributed by atoms with E-state index in [9.17, 15) is 9.59 Å². The summed E-state index contributed by atoms with van der Waals surface area (Å²) in [4.78, 5) is 27.9. The van der Waals surface area contributed by atoms with Gasteiger partial charge in [-0.15, -0.1) is 11.3 Å². The number of hydrogen-bond acceptors (Lipinski definition) is 4. The Morgan fingerprint density at radius 2 is 2.16 bits per heavy atom. The number of rotatable bonds is 5. The first kappa shape index (κ1) is 17.6. The zero-order valence-electron chi connectivity index (χ0n) is 14.5. The molecule has 5 nitrogen and oxygen atoms in total. The third-order valence-electron chi connectivity index (χ3n) is 4.57. The lowest BCUT2D eigenvalue weighted by Crippen LogP contribution is -2.40. The Kier molecular flexibility index (Phi) is 5.50. The Morgan fingerprint density at radius 3 is 2.92 bits per heavy atom. The summed E-state index contributed by atoms with van der Waals surface area (Å²) in [6.07, 6.45) is 1.99. The number of benzene rings is 1. The van der Waals surface area contributed by atoms with Gasteiger partial charge in [-0.2, -0.15) is 0 Å². The minimum absolute atomic E-state index is 0.0498. The standard InChI is InChI=1S/C19H23N3O2S/c1-3-16-15-8-10-25-17(15)7-9-22(16)12-18(23)21-14-6-4-5-13(11-14)19(24)20-2/h4-6,8,10-11,16H,3,7,9,12H2,1-2H3,(H,20,24)(H,21,23). The van der Waals surface area contributed by atoms with Crippen molar-refractivity contribution in [2.75, 3.05) is 25.5 Å². The molecule has 2 N–H and O–H groups in total. The summed E-state index contributed by atoms with van der Waals surface area (Å²) < 4.78 is 0. The number of carbonyl (C=O) groups excluding carboxylic acids is 2. The highest BCUT2D eigenvalue weighted by atomic mass is 32.1. The van der Waals surface area contributed by atoms with E-state index in [4.69, 9.17) is 0 Å². The number of fused-ring (bicyclic) bond motifs is 1. The molecule has 0 bridgehead atoms. The lowest BCUT2D eigenvalue weighted by atomic mass is 9.98. The molecular formula is C19H23N3O2S. The van der Waals surface area contributed by atoms with Crippen LogP contribution < -0.4 is 10.6 Å². The third kappa shape index (κ3) is 3.91. The van der Waals surface area contributed by atoms with Gasteiger partial charge >= 0.3 is 0 Å². The zero-order chi connectivity index (χ0) is 17.8. The molecule has 1 atom stereocenters. The molecule has 0 fully saturated rings. The molecule has 0 radical (unpaired) electrons. The van der Waals surface area contributed by atoms with Crippen LogP contribution in [-0.2, 0) is 11.2 Å². The fourth-order valence-electron chi connectivity index (χ4n) is 3.38. The molecule has 1 aliphatic heterocycles. The van der Waals surface area contributed by atoms with Crippen molar-refractivity contribution in [1.29, 1.82) is 0 Å². The van der Waals surface area contributed by atoms with Gasteiger partial charge in [0.05, 0.1) is 6.54 Å². The van der Waals surface area contributed by atoms with E-state index in [0.29, 0.717) is 23.8 Å². The van der Waals surface area contributed by atoms with Gasteiger partial charge in [0, 0.05) is 35.8 Å². The smallest absolute Gasteiger partial charge is 0.251 e. The SMILES string of the molecule is CCC1c2ccsc2CCN1CC(=O)Nc1cccc(C(=O)NC)c1. The normalized spacial score (nSPS) is 17.0. The number of nitrogens with zero attached hydrogens (tertiary/aromatic N) is 1. The first-order chi connectivity index (χ1) is 12.1. The molecule has 0 saturated heterocycles. The predicted molar refractivity (Wildman–Crippen MR) is 101 cm³/mol. The van der Waals surface area contributed by atoms with E-state index >= 15 is 0 Å². The van der Waals surface area contributed by atoms with Gasteiger partial charge in [-0.1, -0.05) is 13.0 Å². The molecule has 1 unspecified atom stereocenters. The first-order valence-corrected chi connectivity index (χ1v) is 9.42. The summed E-state index contributed by atoms with van der Waals surface area (Å²) in [5, 5.41) is 7.64. The van der Waals surface area contributed by atoms with E-state index in [2.05, 4.69) is 33.9 Å². The summed E-state index contributed by atoms with van der Waals surface area (Å²) in [5.74, 6) is -0.214. The van der Waals surface area contributed by atoms with E-state index in [-0.39, 0.29) is 11.8 Å². The van der Waals surface area contributed by atoms with Crippen LogP contribution in [0.15, 0.2) is 35.7 Å².